The second-order valence-electron chi connectivity index (χ2n) is 6.26. The normalized spacial score (nSPS) is 11.5. The van der Waals surface area contributed by atoms with E-state index in [1.165, 1.54) is 21.3 Å². The first-order valence-corrected chi connectivity index (χ1v) is 9.05. The lowest BCUT2D eigenvalue weighted by atomic mass is 10.0. The molecule has 0 N–H and O–H groups in total. The van der Waals surface area contributed by atoms with Crippen molar-refractivity contribution in [3.05, 3.63) is 53.1 Å². The van der Waals surface area contributed by atoms with Crippen LogP contribution in [-0.2, 0) is 22.4 Å². The number of Topliss-reactive ketones (excluding diaryl/α,β-unsaturated/α-hetero) is 1. The van der Waals surface area contributed by atoms with E-state index in [-0.39, 0.29) is 12.2 Å². The average molecular weight is 386 g/mol. The third-order valence-corrected chi connectivity index (χ3v) is 4.40. The summed E-state index contributed by atoms with van der Waals surface area (Å²) < 4.78 is 21.2. The topological polar surface area (TPSA) is 71.1 Å². The molecule has 0 bridgehead atoms. The summed E-state index contributed by atoms with van der Waals surface area (Å²) in [6.45, 7) is 3.62. The van der Waals surface area contributed by atoms with Crippen molar-refractivity contribution < 1.29 is 28.5 Å². The standard InChI is InChI=1S/C22H26O6/c1-6-15-7-9-17(10-8-15)21(24)14(2)28-20(23)13-16-11-18(25-3)22(27-5)19(12-16)26-4/h7-12,14H,6,13H2,1-5H3. The van der Waals surface area contributed by atoms with E-state index < -0.39 is 12.1 Å². The Morgan fingerprint density at radius 3 is 1.93 bits per heavy atom. The van der Waals surface area contributed by atoms with Crippen molar-refractivity contribution in [2.24, 2.45) is 0 Å². The summed E-state index contributed by atoms with van der Waals surface area (Å²) in [5.74, 6) is 0.594. The summed E-state index contributed by atoms with van der Waals surface area (Å²) in [6, 6.07) is 10.7. The van der Waals surface area contributed by atoms with Gasteiger partial charge in [-0.25, -0.2) is 0 Å². The molecule has 2 aromatic rings. The quantitative estimate of drug-likeness (QED) is 0.484. The van der Waals surface area contributed by atoms with Crippen molar-refractivity contribution in [1.29, 1.82) is 0 Å². The molecule has 0 fully saturated rings. The van der Waals surface area contributed by atoms with Gasteiger partial charge in [-0.15, -0.1) is 0 Å². The second-order valence-corrected chi connectivity index (χ2v) is 6.26. The third kappa shape index (κ3) is 5.03. The summed E-state index contributed by atoms with van der Waals surface area (Å²) in [7, 11) is 4.52. The van der Waals surface area contributed by atoms with Gasteiger partial charge in [-0.1, -0.05) is 31.2 Å². The second kappa shape index (κ2) is 9.78. The fourth-order valence-corrected chi connectivity index (χ4v) is 2.84. The summed E-state index contributed by atoms with van der Waals surface area (Å²) in [6.07, 6.45) is -0.00121. The number of rotatable bonds is 9. The molecular weight excluding hydrogens is 360 g/mol. The van der Waals surface area contributed by atoms with Gasteiger partial charge in [0.05, 0.1) is 27.8 Å². The maximum atomic E-state index is 12.5. The lowest BCUT2D eigenvalue weighted by Gasteiger charge is -2.15. The van der Waals surface area contributed by atoms with Crippen LogP contribution < -0.4 is 14.2 Å². The van der Waals surface area contributed by atoms with E-state index in [4.69, 9.17) is 18.9 Å². The zero-order valence-corrected chi connectivity index (χ0v) is 16.9. The summed E-state index contributed by atoms with van der Waals surface area (Å²) in [4.78, 5) is 24.8. The van der Waals surface area contributed by atoms with E-state index in [0.717, 1.165) is 12.0 Å². The van der Waals surface area contributed by atoms with Crippen LogP contribution in [0.1, 0.15) is 35.3 Å². The van der Waals surface area contributed by atoms with Crippen LogP contribution in [-0.4, -0.2) is 39.2 Å². The van der Waals surface area contributed by atoms with Gasteiger partial charge in [-0.2, -0.15) is 0 Å². The minimum absolute atomic E-state index is 0.0247. The lowest BCUT2D eigenvalue weighted by molar-refractivity contribution is -0.145. The van der Waals surface area contributed by atoms with E-state index in [1.807, 2.05) is 19.1 Å². The molecule has 0 spiro atoms. The highest BCUT2D eigenvalue weighted by Gasteiger charge is 2.21. The first-order chi connectivity index (χ1) is 13.4. The van der Waals surface area contributed by atoms with Crippen molar-refractivity contribution in [2.45, 2.75) is 32.8 Å². The zero-order valence-electron chi connectivity index (χ0n) is 16.9. The predicted octanol–water partition coefficient (Wildman–Crippen LogP) is 3.63. The van der Waals surface area contributed by atoms with Crippen molar-refractivity contribution in [2.75, 3.05) is 21.3 Å². The SMILES string of the molecule is CCc1ccc(C(=O)C(C)OC(=O)Cc2cc(OC)c(OC)c(OC)c2)cc1. The van der Waals surface area contributed by atoms with E-state index >= 15 is 0 Å². The Bertz CT molecular complexity index is 800. The Labute approximate surface area is 165 Å². The fraction of sp³-hybridized carbons (Fsp3) is 0.364. The third-order valence-electron chi connectivity index (χ3n) is 4.40. The molecule has 6 heteroatoms. The summed E-state index contributed by atoms with van der Waals surface area (Å²) in [5.41, 5.74) is 2.29. The van der Waals surface area contributed by atoms with Gasteiger partial charge in [0.1, 0.15) is 0 Å². The van der Waals surface area contributed by atoms with Crippen LogP contribution in [0.2, 0.25) is 0 Å². The van der Waals surface area contributed by atoms with E-state index in [0.29, 0.717) is 28.4 Å². The molecule has 2 rings (SSSR count). The molecule has 0 amide bonds. The van der Waals surface area contributed by atoms with Gasteiger partial charge >= 0.3 is 5.97 Å². The van der Waals surface area contributed by atoms with Gasteiger partial charge in [0.2, 0.25) is 11.5 Å². The van der Waals surface area contributed by atoms with Crippen LogP contribution in [0.5, 0.6) is 17.2 Å². The number of ketones is 1. The molecule has 0 saturated carbocycles. The highest BCUT2D eigenvalue weighted by molar-refractivity contribution is 6.00. The van der Waals surface area contributed by atoms with Crippen LogP contribution in [0.3, 0.4) is 0 Å². The Balaban J connectivity index is 2.07. The van der Waals surface area contributed by atoms with Gasteiger partial charge in [-0.05, 0) is 36.6 Å². The summed E-state index contributed by atoms with van der Waals surface area (Å²) >= 11 is 0. The molecule has 1 atom stereocenters. The average Bonchev–Trinajstić information content (AvgIpc) is 2.72. The van der Waals surface area contributed by atoms with Gasteiger partial charge in [0, 0.05) is 5.56 Å². The van der Waals surface area contributed by atoms with E-state index in [9.17, 15) is 9.59 Å². The number of hydrogen-bond donors (Lipinski definition) is 0. The molecule has 0 aliphatic heterocycles. The van der Waals surface area contributed by atoms with E-state index in [2.05, 4.69) is 0 Å². The minimum Gasteiger partial charge on any atom is -0.493 e. The number of carbonyl (C=O) groups is 2. The van der Waals surface area contributed by atoms with Crippen LogP contribution in [0.15, 0.2) is 36.4 Å². The molecule has 0 heterocycles. The molecule has 6 nitrogen and oxygen atoms in total. The van der Waals surface area contributed by atoms with Crippen molar-refractivity contribution in [3.8, 4) is 17.2 Å². The molecule has 0 radical (unpaired) electrons. The van der Waals surface area contributed by atoms with Crippen LogP contribution >= 0.6 is 0 Å². The number of esters is 1. The highest BCUT2D eigenvalue weighted by atomic mass is 16.5. The first kappa shape index (κ1) is 21.3. The number of methoxy groups -OCH3 is 3. The molecule has 150 valence electrons. The molecular formula is C22H26O6. The molecule has 28 heavy (non-hydrogen) atoms. The first-order valence-electron chi connectivity index (χ1n) is 9.05. The Hall–Kier alpha value is -3.02. The van der Waals surface area contributed by atoms with Gasteiger partial charge < -0.3 is 18.9 Å². The predicted molar refractivity (Wildman–Crippen MR) is 106 cm³/mol. The van der Waals surface area contributed by atoms with Crippen molar-refractivity contribution >= 4 is 11.8 Å². The van der Waals surface area contributed by atoms with Crippen LogP contribution in [0.4, 0.5) is 0 Å². The zero-order chi connectivity index (χ0) is 20.7. The van der Waals surface area contributed by atoms with Gasteiger partial charge in [0.15, 0.2) is 17.6 Å². The largest absolute Gasteiger partial charge is 0.493 e. The highest BCUT2D eigenvalue weighted by Crippen LogP contribution is 2.38. The molecule has 0 aliphatic carbocycles. The number of ether oxygens (including phenoxy) is 4. The molecule has 0 aliphatic rings. The van der Waals surface area contributed by atoms with Crippen LogP contribution in [0, 0.1) is 0 Å². The number of aryl methyl sites for hydroxylation is 1. The molecule has 0 aromatic heterocycles. The maximum absolute atomic E-state index is 12.5. The summed E-state index contributed by atoms with van der Waals surface area (Å²) in [5, 5.41) is 0. The van der Waals surface area contributed by atoms with Gasteiger partial charge in [-0.3, -0.25) is 9.59 Å². The molecule has 1 unspecified atom stereocenters. The van der Waals surface area contributed by atoms with Crippen molar-refractivity contribution in [3.63, 3.8) is 0 Å². The maximum Gasteiger partial charge on any atom is 0.310 e. The van der Waals surface area contributed by atoms with Crippen molar-refractivity contribution in [1.82, 2.24) is 0 Å². The van der Waals surface area contributed by atoms with Crippen LogP contribution in [0.25, 0.3) is 0 Å². The minimum atomic E-state index is -0.873. The lowest BCUT2D eigenvalue weighted by Crippen LogP contribution is -2.25. The smallest absolute Gasteiger partial charge is 0.310 e. The number of carbonyl (C=O) groups excluding carboxylic acids is 2. The molecule has 2 aromatic carbocycles. The Kier molecular flexibility index (Phi) is 7.44. The Morgan fingerprint density at radius 2 is 1.46 bits per heavy atom. The van der Waals surface area contributed by atoms with Gasteiger partial charge in [0.25, 0.3) is 0 Å². The fourth-order valence-electron chi connectivity index (χ4n) is 2.84. The molecule has 0 saturated heterocycles. The Morgan fingerprint density at radius 1 is 0.893 bits per heavy atom. The monoisotopic (exact) mass is 386 g/mol. The number of benzene rings is 2. The van der Waals surface area contributed by atoms with E-state index in [1.54, 1.807) is 31.2 Å². The number of hydrogen-bond acceptors (Lipinski definition) is 6.